The van der Waals surface area contributed by atoms with E-state index in [4.69, 9.17) is 5.11 Å². The van der Waals surface area contributed by atoms with Gasteiger partial charge in [0.2, 0.25) is 0 Å². The molecule has 0 bridgehead atoms. The van der Waals surface area contributed by atoms with Crippen molar-refractivity contribution in [3.63, 3.8) is 0 Å². The van der Waals surface area contributed by atoms with Crippen molar-refractivity contribution >= 4 is 5.78 Å². The van der Waals surface area contributed by atoms with Crippen molar-refractivity contribution in [1.29, 1.82) is 0 Å². The van der Waals surface area contributed by atoms with Crippen LogP contribution in [-0.2, 0) is 6.42 Å². The standard InChI is InChI=1S/C11H14O2/c1-8(12)7-10-3-5-11(6-4-10)9(2)13/h3-6,8,12H,7H2,1-2H3/t8-/m1/s1. The lowest BCUT2D eigenvalue weighted by Gasteiger charge is -2.04. The zero-order chi connectivity index (χ0) is 9.84. The molecular formula is C11H14O2. The Morgan fingerprint density at radius 1 is 1.38 bits per heavy atom. The summed E-state index contributed by atoms with van der Waals surface area (Å²) in [7, 11) is 0. The molecule has 0 radical (unpaired) electrons. The fourth-order valence-corrected chi connectivity index (χ4v) is 1.22. The Bertz CT molecular complexity index is 285. The zero-order valence-corrected chi connectivity index (χ0v) is 7.95. The third-order valence-corrected chi connectivity index (χ3v) is 1.89. The first-order valence-electron chi connectivity index (χ1n) is 4.37. The first-order chi connectivity index (χ1) is 6.09. The summed E-state index contributed by atoms with van der Waals surface area (Å²) in [5, 5.41) is 9.12. The van der Waals surface area contributed by atoms with Crippen LogP contribution < -0.4 is 0 Å². The molecule has 0 aliphatic heterocycles. The van der Waals surface area contributed by atoms with Crippen LogP contribution in [0.15, 0.2) is 24.3 Å². The summed E-state index contributed by atoms with van der Waals surface area (Å²) >= 11 is 0. The highest BCUT2D eigenvalue weighted by molar-refractivity contribution is 5.93. The van der Waals surface area contributed by atoms with Gasteiger partial charge in [-0.3, -0.25) is 4.79 Å². The highest BCUT2D eigenvalue weighted by Crippen LogP contribution is 2.07. The van der Waals surface area contributed by atoms with E-state index in [1.165, 1.54) is 0 Å². The van der Waals surface area contributed by atoms with Gasteiger partial charge in [0.15, 0.2) is 5.78 Å². The van der Waals surface area contributed by atoms with Crippen LogP contribution in [0.25, 0.3) is 0 Å². The second-order valence-corrected chi connectivity index (χ2v) is 3.31. The average molecular weight is 178 g/mol. The molecule has 2 heteroatoms. The van der Waals surface area contributed by atoms with Crippen molar-refractivity contribution in [2.75, 3.05) is 0 Å². The normalized spacial score (nSPS) is 12.5. The third-order valence-electron chi connectivity index (χ3n) is 1.89. The van der Waals surface area contributed by atoms with E-state index in [9.17, 15) is 4.79 Å². The fraction of sp³-hybridized carbons (Fsp3) is 0.364. The molecule has 0 spiro atoms. The Labute approximate surface area is 78.2 Å². The maximum absolute atomic E-state index is 10.9. The van der Waals surface area contributed by atoms with E-state index >= 15 is 0 Å². The lowest BCUT2D eigenvalue weighted by atomic mass is 10.1. The molecule has 0 unspecified atom stereocenters. The number of hydrogen-bond acceptors (Lipinski definition) is 2. The second kappa shape index (κ2) is 4.19. The van der Waals surface area contributed by atoms with Crippen molar-refractivity contribution in [2.45, 2.75) is 26.4 Å². The third kappa shape index (κ3) is 2.99. The first kappa shape index (κ1) is 9.93. The van der Waals surface area contributed by atoms with Crippen LogP contribution >= 0.6 is 0 Å². The quantitative estimate of drug-likeness (QED) is 0.717. The van der Waals surface area contributed by atoms with E-state index in [0.29, 0.717) is 12.0 Å². The molecule has 1 N–H and O–H groups in total. The molecular weight excluding hydrogens is 164 g/mol. The lowest BCUT2D eigenvalue weighted by molar-refractivity contribution is 0.101. The van der Waals surface area contributed by atoms with Crippen LogP contribution in [0.4, 0.5) is 0 Å². The fourth-order valence-electron chi connectivity index (χ4n) is 1.22. The monoisotopic (exact) mass is 178 g/mol. The minimum atomic E-state index is -0.330. The van der Waals surface area contributed by atoms with Crippen molar-refractivity contribution in [1.82, 2.24) is 0 Å². The Balaban J connectivity index is 2.75. The second-order valence-electron chi connectivity index (χ2n) is 3.31. The molecule has 0 aromatic heterocycles. The maximum atomic E-state index is 10.9. The summed E-state index contributed by atoms with van der Waals surface area (Å²) in [6, 6.07) is 7.34. The van der Waals surface area contributed by atoms with Gasteiger partial charge in [-0.05, 0) is 25.8 Å². The van der Waals surface area contributed by atoms with Gasteiger partial charge in [-0.15, -0.1) is 0 Å². The van der Waals surface area contributed by atoms with Crippen LogP contribution in [0.1, 0.15) is 29.8 Å². The number of carbonyl (C=O) groups is 1. The first-order valence-corrected chi connectivity index (χ1v) is 4.37. The predicted octanol–water partition coefficient (Wildman–Crippen LogP) is 1.81. The SMILES string of the molecule is CC(=O)c1ccc(C[C@@H](C)O)cc1. The number of aliphatic hydroxyl groups is 1. The van der Waals surface area contributed by atoms with Crippen LogP contribution in [0.5, 0.6) is 0 Å². The van der Waals surface area contributed by atoms with E-state index in [1.807, 2.05) is 12.1 Å². The molecule has 1 atom stereocenters. The van der Waals surface area contributed by atoms with Gasteiger partial charge in [0.1, 0.15) is 0 Å². The summed E-state index contributed by atoms with van der Waals surface area (Å²) in [6.07, 6.45) is 0.307. The number of ketones is 1. The molecule has 1 rings (SSSR count). The minimum absolute atomic E-state index is 0.0728. The molecule has 2 nitrogen and oxygen atoms in total. The van der Waals surface area contributed by atoms with Crippen LogP contribution in [0.2, 0.25) is 0 Å². The maximum Gasteiger partial charge on any atom is 0.159 e. The molecule has 0 heterocycles. The molecule has 70 valence electrons. The van der Waals surface area contributed by atoms with E-state index in [1.54, 1.807) is 26.0 Å². The average Bonchev–Trinajstić information content (AvgIpc) is 2.04. The summed E-state index contributed by atoms with van der Waals surface area (Å²) in [4.78, 5) is 10.9. The van der Waals surface area contributed by atoms with E-state index in [-0.39, 0.29) is 11.9 Å². The topological polar surface area (TPSA) is 37.3 Å². The lowest BCUT2D eigenvalue weighted by Crippen LogP contribution is -2.04. The largest absolute Gasteiger partial charge is 0.393 e. The van der Waals surface area contributed by atoms with Gasteiger partial charge in [0.05, 0.1) is 6.10 Å². The number of aliphatic hydroxyl groups excluding tert-OH is 1. The van der Waals surface area contributed by atoms with Gasteiger partial charge < -0.3 is 5.11 Å². The molecule has 0 aliphatic rings. The highest BCUT2D eigenvalue weighted by atomic mass is 16.3. The molecule has 0 aliphatic carbocycles. The Morgan fingerprint density at radius 3 is 2.31 bits per heavy atom. The highest BCUT2D eigenvalue weighted by Gasteiger charge is 2.01. The van der Waals surface area contributed by atoms with Crippen molar-refractivity contribution in [2.24, 2.45) is 0 Å². The van der Waals surface area contributed by atoms with E-state index in [0.717, 1.165) is 5.56 Å². The Morgan fingerprint density at radius 2 is 1.92 bits per heavy atom. The zero-order valence-electron chi connectivity index (χ0n) is 7.95. The molecule has 0 saturated carbocycles. The van der Waals surface area contributed by atoms with E-state index in [2.05, 4.69) is 0 Å². The summed E-state index contributed by atoms with van der Waals surface area (Å²) < 4.78 is 0. The number of rotatable bonds is 3. The van der Waals surface area contributed by atoms with Crippen LogP contribution in [0.3, 0.4) is 0 Å². The van der Waals surface area contributed by atoms with Gasteiger partial charge in [-0.25, -0.2) is 0 Å². The summed E-state index contributed by atoms with van der Waals surface area (Å²) in [5.41, 5.74) is 1.77. The number of benzene rings is 1. The Kier molecular flexibility index (Phi) is 3.20. The van der Waals surface area contributed by atoms with Gasteiger partial charge in [0.25, 0.3) is 0 Å². The predicted molar refractivity (Wildman–Crippen MR) is 51.8 cm³/mol. The number of carbonyl (C=O) groups excluding carboxylic acids is 1. The molecule has 1 aromatic carbocycles. The molecule has 0 amide bonds. The summed E-state index contributed by atoms with van der Waals surface area (Å²) in [6.45, 7) is 3.29. The van der Waals surface area contributed by atoms with Crippen molar-refractivity contribution in [3.8, 4) is 0 Å². The Hall–Kier alpha value is -1.15. The van der Waals surface area contributed by atoms with Crippen molar-refractivity contribution in [3.05, 3.63) is 35.4 Å². The van der Waals surface area contributed by atoms with Gasteiger partial charge in [-0.2, -0.15) is 0 Å². The number of hydrogen-bond donors (Lipinski definition) is 1. The van der Waals surface area contributed by atoms with Gasteiger partial charge in [0, 0.05) is 5.56 Å². The summed E-state index contributed by atoms with van der Waals surface area (Å²) in [5.74, 6) is 0.0728. The molecule has 0 fully saturated rings. The molecule has 13 heavy (non-hydrogen) atoms. The van der Waals surface area contributed by atoms with Gasteiger partial charge >= 0.3 is 0 Å². The van der Waals surface area contributed by atoms with Crippen LogP contribution in [0, 0.1) is 0 Å². The van der Waals surface area contributed by atoms with Crippen LogP contribution in [-0.4, -0.2) is 17.0 Å². The van der Waals surface area contributed by atoms with Gasteiger partial charge in [-0.1, -0.05) is 24.3 Å². The molecule has 0 saturated heterocycles. The minimum Gasteiger partial charge on any atom is -0.393 e. The van der Waals surface area contributed by atoms with E-state index < -0.39 is 0 Å². The smallest absolute Gasteiger partial charge is 0.159 e. The molecule has 1 aromatic rings. The van der Waals surface area contributed by atoms with Crippen molar-refractivity contribution < 1.29 is 9.90 Å². The number of Topliss-reactive ketones (excluding diaryl/α,β-unsaturated/α-hetero) is 1.